The molecule has 1 aliphatic heterocycles. The quantitative estimate of drug-likeness (QED) is 0.900. The lowest BCUT2D eigenvalue weighted by molar-refractivity contribution is -0.140. The molecule has 0 fully saturated rings. The maximum absolute atomic E-state index is 12.3. The Hall–Kier alpha value is -1.56. The van der Waals surface area contributed by atoms with E-state index >= 15 is 0 Å². The topological polar surface area (TPSA) is 69.6 Å². The summed E-state index contributed by atoms with van der Waals surface area (Å²) >= 11 is 1.71. The van der Waals surface area contributed by atoms with Gasteiger partial charge in [0.15, 0.2) is 0 Å². The van der Waals surface area contributed by atoms with E-state index in [1.165, 1.54) is 10.4 Å². The van der Waals surface area contributed by atoms with Gasteiger partial charge in [0.1, 0.15) is 6.04 Å². The summed E-state index contributed by atoms with van der Waals surface area (Å²) in [5.74, 6) is -1.14. The number of carbonyl (C=O) groups excluding carboxylic acids is 1. The molecule has 1 aromatic rings. The van der Waals surface area contributed by atoms with Crippen LogP contribution in [0.4, 0.5) is 4.79 Å². The SMILES string of the molecule is CC(C)C(NC(=O)N1CCc2sccc2C1C)C(=O)O. The third-order valence-electron chi connectivity index (χ3n) is 3.75. The minimum atomic E-state index is -0.991. The molecule has 2 rings (SSSR count). The predicted molar refractivity (Wildman–Crippen MR) is 77.9 cm³/mol. The van der Waals surface area contributed by atoms with Gasteiger partial charge in [-0.15, -0.1) is 11.3 Å². The molecule has 1 aliphatic rings. The first-order chi connectivity index (χ1) is 9.41. The largest absolute Gasteiger partial charge is 0.480 e. The molecule has 2 heterocycles. The zero-order valence-corrected chi connectivity index (χ0v) is 12.7. The lowest BCUT2D eigenvalue weighted by Gasteiger charge is -2.34. The third kappa shape index (κ3) is 2.80. The smallest absolute Gasteiger partial charge is 0.326 e. The molecule has 2 atom stereocenters. The Bertz CT molecular complexity index is 512. The summed E-state index contributed by atoms with van der Waals surface area (Å²) in [7, 11) is 0. The molecule has 6 heteroatoms. The molecule has 1 aromatic heterocycles. The van der Waals surface area contributed by atoms with Crippen LogP contribution >= 0.6 is 11.3 Å². The van der Waals surface area contributed by atoms with E-state index in [9.17, 15) is 9.59 Å². The third-order valence-corrected chi connectivity index (χ3v) is 4.75. The molecule has 2 unspecified atom stereocenters. The standard InChI is InChI=1S/C14H20N2O3S/c1-8(2)12(13(17)18)15-14(19)16-6-4-11-10(9(16)3)5-7-20-11/h5,7-9,12H,4,6H2,1-3H3,(H,15,19)(H,17,18). The Morgan fingerprint density at radius 1 is 1.50 bits per heavy atom. The molecule has 0 aromatic carbocycles. The van der Waals surface area contributed by atoms with Gasteiger partial charge in [-0.2, -0.15) is 0 Å². The van der Waals surface area contributed by atoms with Gasteiger partial charge in [0.05, 0.1) is 6.04 Å². The van der Waals surface area contributed by atoms with Crippen LogP contribution in [0.5, 0.6) is 0 Å². The van der Waals surface area contributed by atoms with Crippen LogP contribution in [0.25, 0.3) is 0 Å². The molecule has 0 radical (unpaired) electrons. The monoisotopic (exact) mass is 296 g/mol. The average molecular weight is 296 g/mol. The number of fused-ring (bicyclic) bond motifs is 1. The fourth-order valence-electron chi connectivity index (χ4n) is 2.52. The Morgan fingerprint density at radius 3 is 2.80 bits per heavy atom. The number of nitrogens with zero attached hydrogens (tertiary/aromatic N) is 1. The summed E-state index contributed by atoms with van der Waals surface area (Å²) in [6.45, 7) is 6.19. The van der Waals surface area contributed by atoms with Crippen molar-refractivity contribution in [1.29, 1.82) is 0 Å². The number of hydrogen-bond donors (Lipinski definition) is 2. The van der Waals surface area contributed by atoms with Gasteiger partial charge in [-0.1, -0.05) is 13.8 Å². The van der Waals surface area contributed by atoms with Crippen LogP contribution in [0.15, 0.2) is 11.4 Å². The Morgan fingerprint density at radius 2 is 2.20 bits per heavy atom. The second kappa shape index (κ2) is 5.83. The fraction of sp³-hybridized carbons (Fsp3) is 0.571. The molecule has 2 amide bonds. The number of carbonyl (C=O) groups is 2. The molecular weight excluding hydrogens is 276 g/mol. The lowest BCUT2D eigenvalue weighted by Crippen LogP contribution is -2.52. The van der Waals surface area contributed by atoms with Crippen molar-refractivity contribution in [2.45, 2.75) is 39.3 Å². The maximum Gasteiger partial charge on any atom is 0.326 e. The summed E-state index contributed by atoms with van der Waals surface area (Å²) in [6.07, 6.45) is 0.837. The molecule has 0 bridgehead atoms. The Balaban J connectivity index is 2.09. The molecule has 5 nitrogen and oxygen atoms in total. The van der Waals surface area contributed by atoms with E-state index in [0.29, 0.717) is 6.54 Å². The van der Waals surface area contributed by atoms with Crippen molar-refractivity contribution in [1.82, 2.24) is 10.2 Å². The average Bonchev–Trinajstić information content (AvgIpc) is 2.84. The molecular formula is C14H20N2O3S. The number of rotatable bonds is 3. The highest BCUT2D eigenvalue weighted by molar-refractivity contribution is 7.10. The van der Waals surface area contributed by atoms with Gasteiger partial charge in [-0.05, 0) is 36.3 Å². The molecule has 0 saturated carbocycles. The molecule has 2 N–H and O–H groups in total. The van der Waals surface area contributed by atoms with Crippen LogP contribution in [0.1, 0.15) is 37.3 Å². The summed E-state index contributed by atoms with van der Waals surface area (Å²) in [6, 6.07) is 0.891. The predicted octanol–water partition coefficient (Wildman–Crippen LogP) is 2.49. The van der Waals surface area contributed by atoms with E-state index in [0.717, 1.165) is 6.42 Å². The number of hydrogen-bond acceptors (Lipinski definition) is 3. The van der Waals surface area contributed by atoms with Gasteiger partial charge in [0.25, 0.3) is 0 Å². The Kier molecular flexibility index (Phi) is 4.32. The van der Waals surface area contributed by atoms with Crippen LogP contribution in [0.2, 0.25) is 0 Å². The first kappa shape index (κ1) is 14.8. The molecule has 0 saturated heterocycles. The van der Waals surface area contributed by atoms with E-state index in [1.54, 1.807) is 30.1 Å². The van der Waals surface area contributed by atoms with Gasteiger partial charge in [0, 0.05) is 11.4 Å². The second-order valence-electron chi connectivity index (χ2n) is 5.43. The zero-order valence-electron chi connectivity index (χ0n) is 11.9. The molecule has 110 valence electrons. The fourth-order valence-corrected chi connectivity index (χ4v) is 3.48. The van der Waals surface area contributed by atoms with E-state index in [-0.39, 0.29) is 18.0 Å². The number of nitrogens with one attached hydrogen (secondary N) is 1. The van der Waals surface area contributed by atoms with Crippen LogP contribution in [0, 0.1) is 5.92 Å². The van der Waals surface area contributed by atoms with E-state index in [4.69, 9.17) is 5.11 Å². The maximum atomic E-state index is 12.3. The van der Waals surface area contributed by atoms with Crippen molar-refractivity contribution < 1.29 is 14.7 Å². The first-order valence-corrected chi connectivity index (χ1v) is 7.66. The number of carboxylic acid groups (broad SMARTS) is 1. The van der Waals surface area contributed by atoms with Crippen molar-refractivity contribution in [2.75, 3.05) is 6.54 Å². The van der Waals surface area contributed by atoms with E-state index in [1.807, 2.05) is 18.4 Å². The highest BCUT2D eigenvalue weighted by atomic mass is 32.1. The number of amides is 2. The van der Waals surface area contributed by atoms with Crippen LogP contribution < -0.4 is 5.32 Å². The normalized spacial score (nSPS) is 19.6. The van der Waals surface area contributed by atoms with Gasteiger partial charge in [0.2, 0.25) is 0 Å². The Labute approximate surface area is 122 Å². The summed E-state index contributed by atoms with van der Waals surface area (Å²) in [5.41, 5.74) is 1.17. The van der Waals surface area contributed by atoms with Gasteiger partial charge in [-0.25, -0.2) is 9.59 Å². The van der Waals surface area contributed by atoms with Crippen LogP contribution in [0.3, 0.4) is 0 Å². The van der Waals surface area contributed by atoms with Gasteiger partial charge < -0.3 is 15.3 Å². The molecule has 0 spiro atoms. The second-order valence-corrected chi connectivity index (χ2v) is 6.43. The van der Waals surface area contributed by atoms with Crippen molar-refractivity contribution in [3.05, 3.63) is 21.9 Å². The minimum absolute atomic E-state index is 0.00777. The van der Waals surface area contributed by atoms with Gasteiger partial charge >= 0.3 is 12.0 Å². The summed E-state index contributed by atoms with van der Waals surface area (Å²) < 4.78 is 0. The number of carboxylic acids is 1. The number of aliphatic carboxylic acids is 1. The number of urea groups is 1. The van der Waals surface area contributed by atoms with E-state index in [2.05, 4.69) is 5.32 Å². The van der Waals surface area contributed by atoms with Crippen molar-refractivity contribution in [3.63, 3.8) is 0 Å². The van der Waals surface area contributed by atoms with Crippen molar-refractivity contribution >= 4 is 23.3 Å². The van der Waals surface area contributed by atoms with Crippen molar-refractivity contribution in [2.24, 2.45) is 5.92 Å². The summed E-state index contributed by atoms with van der Waals surface area (Å²) in [4.78, 5) is 26.5. The van der Waals surface area contributed by atoms with Gasteiger partial charge in [-0.3, -0.25) is 0 Å². The van der Waals surface area contributed by atoms with Crippen LogP contribution in [-0.2, 0) is 11.2 Å². The highest BCUT2D eigenvalue weighted by Gasteiger charge is 2.31. The minimum Gasteiger partial charge on any atom is -0.480 e. The number of thiophene rings is 1. The highest BCUT2D eigenvalue weighted by Crippen LogP contribution is 2.32. The van der Waals surface area contributed by atoms with Crippen molar-refractivity contribution in [3.8, 4) is 0 Å². The zero-order chi connectivity index (χ0) is 14.9. The molecule has 0 aliphatic carbocycles. The van der Waals surface area contributed by atoms with Crippen LogP contribution in [-0.4, -0.2) is 34.6 Å². The summed E-state index contributed by atoms with van der Waals surface area (Å²) in [5, 5.41) is 13.8. The lowest BCUT2D eigenvalue weighted by atomic mass is 10.0. The van der Waals surface area contributed by atoms with E-state index < -0.39 is 12.0 Å². The first-order valence-electron chi connectivity index (χ1n) is 6.78. The molecule has 20 heavy (non-hydrogen) atoms.